The molecule has 0 fully saturated rings. The van der Waals surface area contributed by atoms with Gasteiger partial charge in [0, 0.05) is 21.2 Å². The normalized spacial score (nSPS) is 11.5. The van der Waals surface area contributed by atoms with Crippen LogP contribution in [0.2, 0.25) is 10.0 Å². The van der Waals surface area contributed by atoms with Crippen LogP contribution >= 0.6 is 23.2 Å². The Morgan fingerprint density at radius 1 is 0.679 bits per heavy atom. The lowest BCUT2D eigenvalue weighted by atomic mass is 9.89. The van der Waals surface area contributed by atoms with Crippen LogP contribution in [0.4, 0.5) is 0 Å². The molecule has 0 aromatic heterocycles. The van der Waals surface area contributed by atoms with Gasteiger partial charge in [-0.25, -0.2) is 0 Å². The second-order valence-corrected chi connectivity index (χ2v) is 6.91. The van der Waals surface area contributed by atoms with Crippen LogP contribution in [0.25, 0.3) is 0 Å². The van der Waals surface area contributed by atoms with E-state index in [4.69, 9.17) is 23.2 Å². The number of Topliss-reactive ketones (excluding diaryl/α,β-unsaturated/α-hetero) is 1. The lowest BCUT2D eigenvalue weighted by Crippen LogP contribution is -2.37. The van der Waals surface area contributed by atoms with Gasteiger partial charge in [-0.3, -0.25) is 19.7 Å². The van der Waals surface area contributed by atoms with Crippen molar-refractivity contribution in [1.29, 1.82) is 0 Å². The highest BCUT2D eigenvalue weighted by Gasteiger charge is 2.30. The number of ketones is 1. The average molecular weight is 412 g/mol. The summed E-state index contributed by atoms with van der Waals surface area (Å²) in [5, 5.41) is 3.27. The second-order valence-electron chi connectivity index (χ2n) is 6.04. The fourth-order valence-electron chi connectivity index (χ4n) is 2.71. The molecular formula is C22H15Cl2NO3. The average Bonchev–Trinajstić information content (AvgIpc) is 2.70. The minimum absolute atomic E-state index is 0.267. The first kappa shape index (κ1) is 19.8. The summed E-state index contributed by atoms with van der Waals surface area (Å²) in [6.45, 7) is 0. The molecule has 3 rings (SSSR count). The number of carbonyl (C=O) groups excluding carboxylic acids is 3. The summed E-state index contributed by atoms with van der Waals surface area (Å²) in [7, 11) is 0. The first-order valence-electron chi connectivity index (χ1n) is 8.41. The minimum Gasteiger partial charge on any atom is -0.293 e. The Hall–Kier alpha value is -2.95. The molecule has 1 atom stereocenters. The van der Waals surface area contributed by atoms with Gasteiger partial charge in [-0.2, -0.15) is 0 Å². The molecule has 0 aliphatic heterocycles. The van der Waals surface area contributed by atoms with Crippen molar-refractivity contribution in [3.8, 4) is 0 Å². The predicted octanol–water partition coefficient (Wildman–Crippen LogP) is 4.92. The number of hydrogen-bond acceptors (Lipinski definition) is 3. The van der Waals surface area contributed by atoms with Crippen LogP contribution in [-0.4, -0.2) is 17.6 Å². The van der Waals surface area contributed by atoms with E-state index in [2.05, 4.69) is 5.32 Å². The highest BCUT2D eigenvalue weighted by molar-refractivity contribution is 6.31. The fraction of sp³-hybridized carbons (Fsp3) is 0.0455. The maximum atomic E-state index is 13.0. The number of amides is 2. The molecule has 0 unspecified atom stereocenters. The Kier molecular flexibility index (Phi) is 6.24. The molecule has 3 aromatic rings. The monoisotopic (exact) mass is 411 g/mol. The van der Waals surface area contributed by atoms with Crippen LogP contribution in [0.1, 0.15) is 32.2 Å². The van der Waals surface area contributed by atoms with Gasteiger partial charge in [0.25, 0.3) is 5.91 Å². The minimum atomic E-state index is -1.17. The highest BCUT2D eigenvalue weighted by Crippen LogP contribution is 2.23. The third-order valence-electron chi connectivity index (χ3n) is 4.13. The summed E-state index contributed by atoms with van der Waals surface area (Å²) in [5.74, 6) is -2.90. The Balaban J connectivity index is 1.89. The standard InChI is InChI=1S/C22H15Cl2NO3/c23-17-10-6-15(7-11-17)20(26)19(14-4-2-1-3-5-14)22(28)25-21(27)16-8-12-18(24)13-9-16/h1-13,19H,(H,25,27,28)/t19-/m1/s1. The van der Waals surface area contributed by atoms with E-state index in [-0.39, 0.29) is 5.56 Å². The van der Waals surface area contributed by atoms with Crippen molar-refractivity contribution >= 4 is 40.8 Å². The molecule has 0 saturated heterocycles. The molecule has 6 heteroatoms. The fourth-order valence-corrected chi connectivity index (χ4v) is 2.96. The van der Waals surface area contributed by atoms with Gasteiger partial charge in [0.15, 0.2) is 5.78 Å². The number of nitrogens with one attached hydrogen (secondary N) is 1. The molecule has 0 bridgehead atoms. The number of imide groups is 1. The van der Waals surface area contributed by atoms with E-state index >= 15 is 0 Å². The van der Waals surface area contributed by atoms with Crippen molar-refractivity contribution in [1.82, 2.24) is 5.32 Å². The van der Waals surface area contributed by atoms with Crippen LogP contribution in [0.5, 0.6) is 0 Å². The smallest absolute Gasteiger partial charge is 0.257 e. The molecular weight excluding hydrogens is 397 g/mol. The van der Waals surface area contributed by atoms with Crippen molar-refractivity contribution in [2.75, 3.05) is 0 Å². The molecule has 0 saturated carbocycles. The van der Waals surface area contributed by atoms with Gasteiger partial charge in [-0.05, 0) is 54.1 Å². The van der Waals surface area contributed by atoms with E-state index in [1.54, 1.807) is 66.7 Å². The SMILES string of the molecule is O=C(NC(=O)[C@@H](C(=O)c1ccc(Cl)cc1)c1ccccc1)c1ccc(Cl)cc1. The summed E-state index contributed by atoms with van der Waals surface area (Å²) in [6.07, 6.45) is 0. The molecule has 4 nitrogen and oxygen atoms in total. The van der Waals surface area contributed by atoms with Crippen molar-refractivity contribution < 1.29 is 14.4 Å². The lowest BCUT2D eigenvalue weighted by Gasteiger charge is -2.16. The molecule has 0 radical (unpaired) electrons. The van der Waals surface area contributed by atoms with E-state index in [1.165, 1.54) is 12.1 Å². The summed E-state index contributed by atoms with van der Waals surface area (Å²) in [5.41, 5.74) is 1.08. The van der Waals surface area contributed by atoms with Gasteiger partial charge >= 0.3 is 0 Å². The molecule has 0 spiro atoms. The summed E-state index contributed by atoms with van der Waals surface area (Å²) in [6, 6.07) is 20.9. The Morgan fingerprint density at radius 3 is 1.71 bits per heavy atom. The second kappa shape index (κ2) is 8.83. The van der Waals surface area contributed by atoms with E-state index in [1.807, 2.05) is 0 Å². The molecule has 28 heavy (non-hydrogen) atoms. The molecule has 0 aliphatic carbocycles. The predicted molar refractivity (Wildman–Crippen MR) is 109 cm³/mol. The number of carbonyl (C=O) groups is 3. The van der Waals surface area contributed by atoms with Crippen molar-refractivity contribution in [3.05, 3.63) is 106 Å². The number of halogens is 2. The Morgan fingerprint density at radius 2 is 1.18 bits per heavy atom. The summed E-state index contributed by atoms with van der Waals surface area (Å²) < 4.78 is 0. The molecule has 1 N–H and O–H groups in total. The largest absolute Gasteiger partial charge is 0.293 e. The summed E-state index contributed by atoms with van der Waals surface area (Å²) in [4.78, 5) is 38.3. The van der Waals surface area contributed by atoms with Crippen molar-refractivity contribution in [3.63, 3.8) is 0 Å². The Labute approximate surface area is 172 Å². The third kappa shape index (κ3) is 4.66. The van der Waals surface area contributed by atoms with Gasteiger partial charge < -0.3 is 0 Å². The maximum absolute atomic E-state index is 13.0. The zero-order valence-electron chi connectivity index (χ0n) is 14.6. The molecule has 3 aromatic carbocycles. The lowest BCUT2D eigenvalue weighted by molar-refractivity contribution is -0.120. The third-order valence-corrected chi connectivity index (χ3v) is 4.63. The van der Waals surface area contributed by atoms with Crippen molar-refractivity contribution in [2.45, 2.75) is 5.92 Å². The summed E-state index contributed by atoms with van der Waals surface area (Å²) >= 11 is 11.7. The molecule has 0 aliphatic rings. The van der Waals surface area contributed by atoms with Gasteiger partial charge in [0.05, 0.1) is 0 Å². The molecule has 0 heterocycles. The quantitative estimate of drug-likeness (QED) is 0.478. The maximum Gasteiger partial charge on any atom is 0.257 e. The van der Waals surface area contributed by atoms with Crippen LogP contribution in [-0.2, 0) is 4.79 Å². The first-order chi connectivity index (χ1) is 13.5. The van der Waals surface area contributed by atoms with E-state index in [0.717, 1.165) is 0 Å². The highest BCUT2D eigenvalue weighted by atomic mass is 35.5. The van der Waals surface area contributed by atoms with E-state index in [0.29, 0.717) is 21.2 Å². The number of benzene rings is 3. The van der Waals surface area contributed by atoms with E-state index in [9.17, 15) is 14.4 Å². The molecule has 140 valence electrons. The van der Waals surface area contributed by atoms with Gasteiger partial charge in [-0.15, -0.1) is 0 Å². The van der Waals surface area contributed by atoms with Crippen LogP contribution < -0.4 is 5.32 Å². The van der Waals surface area contributed by atoms with E-state index < -0.39 is 23.5 Å². The Bertz CT molecular complexity index is 1000. The van der Waals surface area contributed by atoms with Gasteiger partial charge in [0.2, 0.25) is 5.91 Å². The molecule has 2 amide bonds. The van der Waals surface area contributed by atoms with Crippen LogP contribution in [0.15, 0.2) is 78.9 Å². The van der Waals surface area contributed by atoms with Gasteiger partial charge in [-0.1, -0.05) is 53.5 Å². The number of hydrogen-bond donors (Lipinski definition) is 1. The topological polar surface area (TPSA) is 63.2 Å². The number of rotatable bonds is 5. The van der Waals surface area contributed by atoms with Crippen LogP contribution in [0.3, 0.4) is 0 Å². The van der Waals surface area contributed by atoms with Crippen molar-refractivity contribution in [2.24, 2.45) is 0 Å². The van der Waals surface area contributed by atoms with Gasteiger partial charge in [0.1, 0.15) is 5.92 Å². The zero-order valence-corrected chi connectivity index (χ0v) is 16.1. The first-order valence-corrected chi connectivity index (χ1v) is 9.17. The zero-order chi connectivity index (χ0) is 20.1. The van der Waals surface area contributed by atoms with Crippen LogP contribution in [0, 0.1) is 0 Å².